The number of hydrogen-bond donors (Lipinski definition) is 2. The van der Waals surface area contributed by atoms with Crippen LogP contribution in [0.2, 0.25) is 0 Å². The quantitative estimate of drug-likeness (QED) is 0.478. The van der Waals surface area contributed by atoms with Gasteiger partial charge in [0.1, 0.15) is 6.61 Å². The standard InChI is InChI=1S/C28H35N3O3/c1-28(2,3)31(27(33)34-20-22-8-5-4-6-9-22)17-15-26(32)25(29)18-21-11-13-23(14-12-21)24-10-7-16-30-19-24/h4-14,16,19,25-26,32H,15,17-18,20,29H2,1-3H3/t25-,26-/m0/s1. The van der Waals surface area contributed by atoms with Gasteiger partial charge in [-0.05, 0) is 61.9 Å². The topological polar surface area (TPSA) is 88.7 Å². The number of aromatic nitrogens is 1. The van der Waals surface area contributed by atoms with Crippen molar-refractivity contribution in [3.8, 4) is 11.1 Å². The van der Waals surface area contributed by atoms with Crippen molar-refractivity contribution in [1.82, 2.24) is 9.88 Å². The van der Waals surface area contributed by atoms with Crippen LogP contribution in [-0.4, -0.2) is 45.3 Å². The van der Waals surface area contributed by atoms with E-state index in [1.807, 2.05) is 93.7 Å². The van der Waals surface area contributed by atoms with Gasteiger partial charge in [0.15, 0.2) is 0 Å². The van der Waals surface area contributed by atoms with E-state index in [-0.39, 0.29) is 6.61 Å². The van der Waals surface area contributed by atoms with Gasteiger partial charge in [-0.15, -0.1) is 0 Å². The number of rotatable bonds is 9. The number of nitrogens with zero attached hydrogens (tertiary/aromatic N) is 2. The molecule has 0 radical (unpaired) electrons. The molecule has 3 aromatic rings. The summed E-state index contributed by atoms with van der Waals surface area (Å²) in [5.74, 6) is 0. The second-order valence-electron chi connectivity index (χ2n) is 9.53. The Labute approximate surface area is 202 Å². The van der Waals surface area contributed by atoms with E-state index in [1.165, 1.54) is 0 Å². The molecule has 0 bridgehead atoms. The van der Waals surface area contributed by atoms with Crippen LogP contribution in [0, 0.1) is 0 Å². The number of nitrogens with two attached hydrogens (primary N) is 1. The Hall–Kier alpha value is -3.22. The average Bonchev–Trinajstić information content (AvgIpc) is 2.83. The smallest absolute Gasteiger partial charge is 0.410 e. The van der Waals surface area contributed by atoms with Gasteiger partial charge in [-0.1, -0.05) is 60.7 Å². The maximum atomic E-state index is 12.8. The summed E-state index contributed by atoms with van der Waals surface area (Å²) in [5, 5.41) is 10.7. The number of carbonyl (C=O) groups is 1. The minimum atomic E-state index is -0.746. The molecular formula is C28H35N3O3. The van der Waals surface area contributed by atoms with E-state index in [2.05, 4.69) is 4.98 Å². The van der Waals surface area contributed by atoms with Gasteiger partial charge in [-0.25, -0.2) is 4.79 Å². The molecule has 1 amide bonds. The predicted octanol–water partition coefficient (Wildman–Crippen LogP) is 4.81. The van der Waals surface area contributed by atoms with Crippen LogP contribution in [0.1, 0.15) is 38.3 Å². The van der Waals surface area contributed by atoms with Gasteiger partial charge >= 0.3 is 6.09 Å². The summed E-state index contributed by atoms with van der Waals surface area (Å²) >= 11 is 0. The van der Waals surface area contributed by atoms with Crippen LogP contribution in [0.5, 0.6) is 0 Å². The largest absolute Gasteiger partial charge is 0.445 e. The highest BCUT2D eigenvalue weighted by Gasteiger charge is 2.29. The Bertz CT molecular complexity index is 1020. The van der Waals surface area contributed by atoms with Gasteiger partial charge in [0.05, 0.1) is 6.10 Å². The molecular weight excluding hydrogens is 426 g/mol. The molecule has 34 heavy (non-hydrogen) atoms. The molecule has 0 saturated carbocycles. The van der Waals surface area contributed by atoms with Crippen LogP contribution in [0.25, 0.3) is 11.1 Å². The number of aliphatic hydroxyl groups is 1. The Morgan fingerprint density at radius 2 is 1.71 bits per heavy atom. The van der Waals surface area contributed by atoms with Gasteiger partial charge in [0.2, 0.25) is 0 Å². The molecule has 0 saturated heterocycles. The summed E-state index contributed by atoms with van der Waals surface area (Å²) < 4.78 is 5.52. The molecule has 0 aliphatic rings. The molecule has 0 unspecified atom stereocenters. The molecule has 6 nitrogen and oxygen atoms in total. The summed E-state index contributed by atoms with van der Waals surface area (Å²) in [6.07, 6.45) is 3.35. The fourth-order valence-electron chi connectivity index (χ4n) is 3.75. The number of pyridine rings is 1. The van der Waals surface area contributed by atoms with Crippen LogP contribution in [0.15, 0.2) is 79.1 Å². The molecule has 180 valence electrons. The number of benzene rings is 2. The first-order chi connectivity index (χ1) is 16.2. The van der Waals surface area contributed by atoms with Gasteiger partial charge in [-0.2, -0.15) is 0 Å². The summed E-state index contributed by atoms with van der Waals surface area (Å²) in [6, 6.07) is 21.2. The molecule has 0 spiro atoms. The molecule has 2 atom stereocenters. The van der Waals surface area contributed by atoms with Crippen molar-refractivity contribution >= 4 is 6.09 Å². The molecule has 1 aromatic heterocycles. The van der Waals surface area contributed by atoms with Crippen LogP contribution >= 0.6 is 0 Å². The minimum absolute atomic E-state index is 0.212. The van der Waals surface area contributed by atoms with E-state index >= 15 is 0 Å². The van der Waals surface area contributed by atoms with E-state index in [0.717, 1.165) is 22.3 Å². The summed E-state index contributed by atoms with van der Waals surface area (Å²) in [7, 11) is 0. The highest BCUT2D eigenvalue weighted by molar-refractivity contribution is 5.68. The summed E-state index contributed by atoms with van der Waals surface area (Å²) in [4.78, 5) is 18.6. The van der Waals surface area contributed by atoms with Crippen LogP contribution < -0.4 is 5.73 Å². The second kappa shape index (κ2) is 11.8. The van der Waals surface area contributed by atoms with Gasteiger partial charge < -0.3 is 20.5 Å². The zero-order valence-corrected chi connectivity index (χ0v) is 20.2. The van der Waals surface area contributed by atoms with E-state index in [0.29, 0.717) is 19.4 Å². The number of ether oxygens (including phenoxy) is 1. The van der Waals surface area contributed by atoms with E-state index < -0.39 is 23.8 Å². The SMILES string of the molecule is CC(C)(C)N(CC[C@H](O)[C@@H](N)Cc1ccc(-c2cccnc2)cc1)C(=O)OCc1ccccc1. The summed E-state index contributed by atoms with van der Waals surface area (Å²) in [5.41, 5.74) is 9.99. The Balaban J connectivity index is 1.53. The number of aliphatic hydroxyl groups excluding tert-OH is 1. The lowest BCUT2D eigenvalue weighted by atomic mass is 9.97. The third-order valence-corrected chi connectivity index (χ3v) is 5.80. The van der Waals surface area contributed by atoms with Crippen molar-refractivity contribution in [2.75, 3.05) is 6.54 Å². The summed E-state index contributed by atoms with van der Waals surface area (Å²) in [6.45, 7) is 6.42. The van der Waals surface area contributed by atoms with Crippen molar-refractivity contribution in [1.29, 1.82) is 0 Å². The molecule has 3 N–H and O–H groups in total. The molecule has 2 aromatic carbocycles. The van der Waals surface area contributed by atoms with E-state index in [9.17, 15) is 9.90 Å². The molecule has 0 aliphatic heterocycles. The first-order valence-corrected chi connectivity index (χ1v) is 11.7. The van der Waals surface area contributed by atoms with Gasteiger partial charge in [-0.3, -0.25) is 4.98 Å². The van der Waals surface area contributed by atoms with E-state index in [4.69, 9.17) is 10.5 Å². The maximum absolute atomic E-state index is 12.8. The first-order valence-electron chi connectivity index (χ1n) is 11.7. The molecule has 0 aliphatic carbocycles. The maximum Gasteiger partial charge on any atom is 0.410 e. The van der Waals surface area contributed by atoms with Crippen molar-refractivity contribution in [3.05, 3.63) is 90.3 Å². The second-order valence-corrected chi connectivity index (χ2v) is 9.53. The Morgan fingerprint density at radius 1 is 1.00 bits per heavy atom. The lowest BCUT2D eigenvalue weighted by molar-refractivity contribution is 0.0494. The van der Waals surface area contributed by atoms with Crippen molar-refractivity contribution < 1.29 is 14.6 Å². The van der Waals surface area contributed by atoms with Crippen LogP contribution in [0.4, 0.5) is 4.79 Å². The molecule has 3 rings (SSSR count). The minimum Gasteiger partial charge on any atom is -0.445 e. The third-order valence-electron chi connectivity index (χ3n) is 5.80. The highest BCUT2D eigenvalue weighted by Crippen LogP contribution is 2.20. The van der Waals surface area contributed by atoms with E-state index in [1.54, 1.807) is 11.1 Å². The fraction of sp³-hybridized carbons (Fsp3) is 0.357. The average molecular weight is 462 g/mol. The molecule has 0 fully saturated rings. The number of carbonyl (C=O) groups excluding carboxylic acids is 1. The highest BCUT2D eigenvalue weighted by atomic mass is 16.6. The molecule has 6 heteroatoms. The van der Waals surface area contributed by atoms with Gasteiger partial charge in [0.25, 0.3) is 0 Å². The van der Waals surface area contributed by atoms with Crippen molar-refractivity contribution in [3.63, 3.8) is 0 Å². The molecule has 1 heterocycles. The lowest BCUT2D eigenvalue weighted by Gasteiger charge is -2.35. The Kier molecular flexibility index (Phi) is 8.79. The Morgan fingerprint density at radius 3 is 2.32 bits per heavy atom. The van der Waals surface area contributed by atoms with Crippen LogP contribution in [-0.2, 0) is 17.8 Å². The third kappa shape index (κ3) is 7.40. The zero-order valence-electron chi connectivity index (χ0n) is 20.2. The number of amides is 1. The first kappa shape index (κ1) is 25.4. The zero-order chi connectivity index (χ0) is 24.6. The van der Waals surface area contributed by atoms with Crippen molar-refractivity contribution in [2.45, 2.75) is 57.9 Å². The number of hydrogen-bond acceptors (Lipinski definition) is 5. The lowest BCUT2D eigenvalue weighted by Crippen LogP contribution is -2.48. The van der Waals surface area contributed by atoms with Crippen molar-refractivity contribution in [2.24, 2.45) is 5.73 Å². The fourth-order valence-corrected chi connectivity index (χ4v) is 3.75. The normalized spacial score (nSPS) is 13.2. The predicted molar refractivity (Wildman–Crippen MR) is 135 cm³/mol. The monoisotopic (exact) mass is 461 g/mol. The van der Waals surface area contributed by atoms with Crippen LogP contribution in [0.3, 0.4) is 0 Å². The van der Waals surface area contributed by atoms with Gasteiger partial charge in [0, 0.05) is 30.5 Å².